The highest BCUT2D eigenvalue weighted by atomic mass is 32.1. The molecule has 2 aromatic heterocycles. The Kier molecular flexibility index (Phi) is 5.57. The molecular formula is C20H25N5O2S. The lowest BCUT2D eigenvalue weighted by molar-refractivity contribution is 0.0954. The van der Waals surface area contributed by atoms with Gasteiger partial charge in [-0.25, -0.2) is 9.78 Å². The van der Waals surface area contributed by atoms with E-state index in [-0.39, 0.29) is 11.9 Å². The van der Waals surface area contributed by atoms with E-state index in [4.69, 9.17) is 0 Å². The van der Waals surface area contributed by atoms with Gasteiger partial charge in [-0.3, -0.25) is 14.7 Å². The van der Waals surface area contributed by atoms with Gasteiger partial charge in [-0.15, -0.1) is 0 Å². The largest absolute Gasteiger partial charge is 0.347 e. The van der Waals surface area contributed by atoms with Gasteiger partial charge in [0.25, 0.3) is 5.91 Å². The van der Waals surface area contributed by atoms with Crippen LogP contribution in [0.25, 0.3) is 0 Å². The maximum Gasteiger partial charge on any atom is 0.326 e. The molecule has 2 aromatic rings. The van der Waals surface area contributed by atoms with Crippen LogP contribution >= 0.6 is 11.3 Å². The number of carbonyl (C=O) groups is 2. The van der Waals surface area contributed by atoms with Crippen molar-refractivity contribution in [2.45, 2.75) is 39.2 Å². The van der Waals surface area contributed by atoms with Crippen LogP contribution in [0.2, 0.25) is 0 Å². The predicted octanol–water partition coefficient (Wildman–Crippen LogP) is 3.21. The van der Waals surface area contributed by atoms with E-state index in [1.54, 1.807) is 17.3 Å². The summed E-state index contributed by atoms with van der Waals surface area (Å²) in [5.41, 5.74) is 1.60. The van der Waals surface area contributed by atoms with Crippen molar-refractivity contribution in [1.29, 1.82) is 0 Å². The van der Waals surface area contributed by atoms with Gasteiger partial charge in [-0.05, 0) is 37.3 Å². The lowest BCUT2D eigenvalue weighted by Crippen LogP contribution is -2.34. The smallest absolute Gasteiger partial charge is 0.326 e. The summed E-state index contributed by atoms with van der Waals surface area (Å²) in [5, 5.41) is 3.52. The van der Waals surface area contributed by atoms with Gasteiger partial charge in [0.15, 0.2) is 5.13 Å². The third-order valence-electron chi connectivity index (χ3n) is 5.45. The Morgan fingerprint density at radius 3 is 2.89 bits per heavy atom. The van der Waals surface area contributed by atoms with Crippen molar-refractivity contribution in [3.05, 3.63) is 40.7 Å². The van der Waals surface area contributed by atoms with Crippen LogP contribution in [-0.2, 0) is 6.54 Å². The lowest BCUT2D eigenvalue weighted by Gasteiger charge is -2.20. The molecule has 8 heteroatoms. The van der Waals surface area contributed by atoms with Crippen LogP contribution in [0.5, 0.6) is 0 Å². The van der Waals surface area contributed by atoms with Crippen molar-refractivity contribution in [3.63, 3.8) is 0 Å². The molecule has 148 valence electrons. The van der Waals surface area contributed by atoms with Crippen LogP contribution in [0.3, 0.4) is 0 Å². The van der Waals surface area contributed by atoms with E-state index < -0.39 is 0 Å². The molecule has 0 bridgehead atoms. The average molecular weight is 400 g/mol. The van der Waals surface area contributed by atoms with Gasteiger partial charge in [0.05, 0.1) is 5.69 Å². The Bertz CT molecular complexity index is 848. The van der Waals surface area contributed by atoms with E-state index in [9.17, 15) is 9.59 Å². The first-order valence-corrected chi connectivity index (χ1v) is 10.6. The fraction of sp³-hybridized carbons (Fsp3) is 0.500. The minimum Gasteiger partial charge on any atom is -0.347 e. The van der Waals surface area contributed by atoms with Gasteiger partial charge in [0.2, 0.25) is 0 Å². The number of anilines is 1. The second-order valence-corrected chi connectivity index (χ2v) is 8.46. The topological polar surface area (TPSA) is 78.4 Å². The molecule has 2 aliphatic rings. The fourth-order valence-electron chi connectivity index (χ4n) is 3.91. The molecule has 0 aromatic carbocycles. The van der Waals surface area contributed by atoms with E-state index in [0.29, 0.717) is 34.7 Å². The van der Waals surface area contributed by atoms with Crippen molar-refractivity contribution in [2.75, 3.05) is 24.5 Å². The first kappa shape index (κ1) is 18.9. The molecule has 2 fully saturated rings. The summed E-state index contributed by atoms with van der Waals surface area (Å²) < 4.78 is 0. The third-order valence-corrected chi connectivity index (χ3v) is 6.63. The van der Waals surface area contributed by atoms with E-state index in [1.807, 2.05) is 24.0 Å². The number of nitrogens with one attached hydrogen (secondary N) is 1. The molecule has 4 rings (SSSR count). The van der Waals surface area contributed by atoms with Crippen molar-refractivity contribution in [2.24, 2.45) is 5.92 Å². The molecule has 3 heterocycles. The normalized spacial score (nSPS) is 17.5. The van der Waals surface area contributed by atoms with Crippen molar-refractivity contribution in [3.8, 4) is 0 Å². The molecule has 0 unspecified atom stereocenters. The first-order chi connectivity index (χ1) is 13.6. The molecular weight excluding hydrogens is 374 g/mol. The molecule has 0 atom stereocenters. The van der Waals surface area contributed by atoms with Crippen molar-refractivity contribution < 1.29 is 9.59 Å². The number of pyridine rings is 1. The Morgan fingerprint density at radius 2 is 2.14 bits per heavy atom. The summed E-state index contributed by atoms with van der Waals surface area (Å²) in [6.45, 7) is 4.44. The molecule has 3 amide bonds. The van der Waals surface area contributed by atoms with Crippen LogP contribution in [0, 0.1) is 12.8 Å². The maximum atomic E-state index is 12.8. The van der Waals surface area contributed by atoms with Gasteiger partial charge in [-0.2, -0.15) is 0 Å². The number of urea groups is 1. The molecule has 1 aliphatic heterocycles. The number of aryl methyl sites for hydroxylation is 1. The van der Waals surface area contributed by atoms with Crippen molar-refractivity contribution in [1.82, 2.24) is 20.2 Å². The number of thiazole rings is 1. The molecule has 0 radical (unpaired) electrons. The summed E-state index contributed by atoms with van der Waals surface area (Å²) in [4.78, 5) is 38.1. The van der Waals surface area contributed by atoms with Crippen molar-refractivity contribution >= 4 is 28.4 Å². The standard InChI is InChI=1S/C20H25N5O2S/c1-14-17(18(26)22-12-16-7-4-8-21-11-16)28-19(23-14)25-10-9-24(20(25)27)13-15-5-2-3-6-15/h4,7-8,11,15H,2-3,5-6,9-10,12-13H2,1H3,(H,22,26). The zero-order valence-electron chi connectivity index (χ0n) is 16.1. The van der Waals surface area contributed by atoms with E-state index >= 15 is 0 Å². The Labute approximate surface area is 168 Å². The summed E-state index contributed by atoms with van der Waals surface area (Å²) in [6, 6.07) is 3.77. The number of rotatable bonds is 6. The number of nitrogens with zero attached hydrogens (tertiary/aromatic N) is 4. The van der Waals surface area contributed by atoms with E-state index in [0.717, 1.165) is 18.7 Å². The number of hydrogen-bond donors (Lipinski definition) is 1. The van der Waals surface area contributed by atoms with Gasteiger partial charge in [-0.1, -0.05) is 30.2 Å². The monoisotopic (exact) mass is 399 g/mol. The number of carbonyl (C=O) groups excluding carboxylic acids is 2. The molecule has 7 nitrogen and oxygen atoms in total. The molecule has 1 aliphatic carbocycles. The highest BCUT2D eigenvalue weighted by molar-refractivity contribution is 7.17. The number of hydrogen-bond acceptors (Lipinski definition) is 5. The summed E-state index contributed by atoms with van der Waals surface area (Å²) in [7, 11) is 0. The van der Waals surface area contributed by atoms with Crippen LogP contribution in [0.15, 0.2) is 24.5 Å². The Hall–Kier alpha value is -2.48. The highest BCUT2D eigenvalue weighted by Crippen LogP contribution is 2.31. The van der Waals surface area contributed by atoms with Crippen LogP contribution in [-0.4, -0.2) is 46.4 Å². The molecule has 0 spiro atoms. The second kappa shape index (κ2) is 8.26. The maximum absolute atomic E-state index is 12.8. The Morgan fingerprint density at radius 1 is 1.32 bits per heavy atom. The zero-order valence-corrected chi connectivity index (χ0v) is 16.9. The van der Waals surface area contributed by atoms with Gasteiger partial charge < -0.3 is 10.2 Å². The van der Waals surface area contributed by atoms with Crippen LogP contribution in [0.4, 0.5) is 9.93 Å². The summed E-state index contributed by atoms with van der Waals surface area (Å²) in [6.07, 6.45) is 8.43. The molecule has 28 heavy (non-hydrogen) atoms. The highest BCUT2D eigenvalue weighted by Gasteiger charge is 2.34. The molecule has 1 N–H and O–H groups in total. The van der Waals surface area contributed by atoms with Gasteiger partial charge >= 0.3 is 6.03 Å². The van der Waals surface area contributed by atoms with Crippen LogP contribution in [0.1, 0.15) is 46.6 Å². The Balaban J connectivity index is 1.39. The number of amides is 3. The SMILES string of the molecule is Cc1nc(N2CCN(CC3CCCC3)C2=O)sc1C(=O)NCc1cccnc1. The minimum atomic E-state index is -0.167. The minimum absolute atomic E-state index is 0.0166. The van der Waals surface area contributed by atoms with E-state index in [1.165, 1.54) is 37.0 Å². The lowest BCUT2D eigenvalue weighted by atomic mass is 10.1. The quantitative estimate of drug-likeness (QED) is 0.809. The van der Waals surface area contributed by atoms with Gasteiger partial charge in [0, 0.05) is 38.6 Å². The third kappa shape index (κ3) is 4.01. The predicted molar refractivity (Wildman–Crippen MR) is 109 cm³/mol. The number of aromatic nitrogens is 2. The second-order valence-electron chi connectivity index (χ2n) is 7.49. The van der Waals surface area contributed by atoms with Crippen LogP contribution < -0.4 is 10.2 Å². The van der Waals surface area contributed by atoms with E-state index in [2.05, 4.69) is 15.3 Å². The zero-order chi connectivity index (χ0) is 19.5. The average Bonchev–Trinajstić information content (AvgIpc) is 3.43. The fourth-order valence-corrected chi connectivity index (χ4v) is 4.91. The summed E-state index contributed by atoms with van der Waals surface area (Å²) in [5.74, 6) is 0.468. The summed E-state index contributed by atoms with van der Waals surface area (Å²) >= 11 is 1.29. The van der Waals surface area contributed by atoms with Gasteiger partial charge in [0.1, 0.15) is 4.88 Å². The molecule has 1 saturated carbocycles. The first-order valence-electron chi connectivity index (χ1n) is 9.83. The molecule has 1 saturated heterocycles.